The SMILES string of the molecule is CC1N=NN2CCC(Nc3ccccc3CC#N)c3cc(-c4cnn(C)c4)ccc3C12. The summed E-state index contributed by atoms with van der Waals surface area (Å²) in [6, 6.07) is 17.4. The molecule has 2 aromatic carbocycles. The summed E-state index contributed by atoms with van der Waals surface area (Å²) in [5, 5.41) is 28.3. The zero-order valence-electron chi connectivity index (χ0n) is 17.7. The third-order valence-corrected chi connectivity index (χ3v) is 6.21. The van der Waals surface area contributed by atoms with Gasteiger partial charge < -0.3 is 5.32 Å². The van der Waals surface area contributed by atoms with Gasteiger partial charge in [-0.05, 0) is 47.7 Å². The fraction of sp³-hybridized carbons (Fsp3) is 0.333. The summed E-state index contributed by atoms with van der Waals surface area (Å²) in [6.45, 7) is 2.95. The molecule has 0 fully saturated rings. The van der Waals surface area contributed by atoms with Gasteiger partial charge >= 0.3 is 0 Å². The largest absolute Gasteiger partial charge is 0.378 e. The molecule has 1 N–H and O–H groups in total. The highest BCUT2D eigenvalue weighted by atomic mass is 15.6. The summed E-state index contributed by atoms with van der Waals surface area (Å²) in [5.41, 5.74) is 6.81. The number of aromatic nitrogens is 2. The molecule has 0 saturated carbocycles. The molecule has 156 valence electrons. The van der Waals surface area contributed by atoms with Gasteiger partial charge in [-0.2, -0.15) is 15.5 Å². The third-order valence-electron chi connectivity index (χ3n) is 6.21. The third kappa shape index (κ3) is 3.55. The molecule has 7 heteroatoms. The first-order valence-electron chi connectivity index (χ1n) is 10.7. The van der Waals surface area contributed by atoms with Gasteiger partial charge in [-0.1, -0.05) is 35.6 Å². The van der Waals surface area contributed by atoms with Crippen LogP contribution in [0.3, 0.4) is 0 Å². The number of hydrogen-bond acceptors (Lipinski definition) is 6. The van der Waals surface area contributed by atoms with Crippen molar-refractivity contribution >= 4 is 5.69 Å². The molecule has 5 rings (SSSR count). The molecule has 3 unspecified atom stereocenters. The Morgan fingerprint density at radius 2 is 2.03 bits per heavy atom. The van der Waals surface area contributed by atoms with Gasteiger partial charge in [-0.3, -0.25) is 9.69 Å². The minimum absolute atomic E-state index is 0.111. The molecular weight excluding hydrogens is 386 g/mol. The Labute approximate surface area is 182 Å². The average molecular weight is 412 g/mol. The van der Waals surface area contributed by atoms with Gasteiger partial charge in [0.1, 0.15) is 0 Å². The number of nitrogens with zero attached hydrogens (tertiary/aromatic N) is 6. The van der Waals surface area contributed by atoms with E-state index in [1.54, 1.807) is 0 Å². The maximum atomic E-state index is 9.24. The fourth-order valence-corrected chi connectivity index (χ4v) is 4.67. The number of nitriles is 1. The summed E-state index contributed by atoms with van der Waals surface area (Å²) < 4.78 is 1.83. The number of nitrogens with one attached hydrogen (secondary N) is 1. The molecule has 3 atom stereocenters. The lowest BCUT2D eigenvalue weighted by Crippen LogP contribution is -2.25. The number of fused-ring (bicyclic) bond motifs is 3. The molecule has 1 aromatic heterocycles. The van der Waals surface area contributed by atoms with Crippen LogP contribution in [-0.4, -0.2) is 27.4 Å². The predicted molar refractivity (Wildman–Crippen MR) is 119 cm³/mol. The van der Waals surface area contributed by atoms with Crippen molar-refractivity contribution in [1.29, 1.82) is 5.26 Å². The first kappa shape index (κ1) is 19.3. The second-order valence-electron chi connectivity index (χ2n) is 8.28. The van der Waals surface area contributed by atoms with Crippen LogP contribution >= 0.6 is 0 Å². The number of rotatable bonds is 4. The lowest BCUT2D eigenvalue weighted by molar-refractivity contribution is 0.227. The van der Waals surface area contributed by atoms with Crippen molar-refractivity contribution in [2.75, 3.05) is 11.9 Å². The van der Waals surface area contributed by atoms with E-state index in [9.17, 15) is 5.26 Å². The van der Waals surface area contributed by atoms with Crippen LogP contribution < -0.4 is 5.32 Å². The van der Waals surface area contributed by atoms with Crippen molar-refractivity contribution in [3.63, 3.8) is 0 Å². The lowest BCUT2D eigenvalue weighted by Gasteiger charge is -2.24. The molecule has 0 bridgehead atoms. The molecule has 0 spiro atoms. The zero-order chi connectivity index (χ0) is 21.4. The van der Waals surface area contributed by atoms with Crippen LogP contribution in [0.4, 0.5) is 5.69 Å². The van der Waals surface area contributed by atoms with Crippen LogP contribution in [0.25, 0.3) is 11.1 Å². The maximum absolute atomic E-state index is 9.24. The van der Waals surface area contributed by atoms with E-state index >= 15 is 0 Å². The minimum Gasteiger partial charge on any atom is -0.378 e. The van der Waals surface area contributed by atoms with Crippen LogP contribution in [0.5, 0.6) is 0 Å². The Balaban J connectivity index is 1.58. The smallest absolute Gasteiger partial charge is 0.0979 e. The van der Waals surface area contributed by atoms with Crippen molar-refractivity contribution in [3.8, 4) is 17.2 Å². The maximum Gasteiger partial charge on any atom is 0.0979 e. The molecule has 31 heavy (non-hydrogen) atoms. The molecular formula is C24H25N7. The van der Waals surface area contributed by atoms with E-state index in [0.717, 1.165) is 35.3 Å². The molecule has 3 aromatic rings. The van der Waals surface area contributed by atoms with Crippen LogP contribution in [0.2, 0.25) is 0 Å². The van der Waals surface area contributed by atoms with E-state index in [4.69, 9.17) is 0 Å². The zero-order valence-corrected chi connectivity index (χ0v) is 17.7. The Bertz CT molecular complexity index is 1170. The van der Waals surface area contributed by atoms with Crippen molar-refractivity contribution in [2.24, 2.45) is 17.4 Å². The fourth-order valence-electron chi connectivity index (χ4n) is 4.67. The van der Waals surface area contributed by atoms with Gasteiger partial charge in [0.25, 0.3) is 0 Å². The van der Waals surface area contributed by atoms with Crippen molar-refractivity contribution < 1.29 is 0 Å². The normalized spacial score (nSPS) is 21.8. The molecule has 2 aliphatic rings. The Kier molecular flexibility index (Phi) is 4.91. The van der Waals surface area contributed by atoms with Gasteiger partial charge in [0.15, 0.2) is 0 Å². The van der Waals surface area contributed by atoms with Gasteiger partial charge in [0.05, 0.1) is 36.8 Å². The van der Waals surface area contributed by atoms with E-state index in [2.05, 4.69) is 63.0 Å². The molecule has 0 saturated heterocycles. The predicted octanol–water partition coefficient (Wildman–Crippen LogP) is 4.82. The Morgan fingerprint density at radius 3 is 2.84 bits per heavy atom. The highest BCUT2D eigenvalue weighted by molar-refractivity contribution is 5.65. The number of hydrogen-bond donors (Lipinski definition) is 1. The molecule has 0 radical (unpaired) electrons. The number of anilines is 1. The van der Waals surface area contributed by atoms with E-state index in [1.165, 1.54) is 11.1 Å². The summed E-state index contributed by atoms with van der Waals surface area (Å²) in [6.07, 6.45) is 5.22. The average Bonchev–Trinajstić information content (AvgIpc) is 3.33. The van der Waals surface area contributed by atoms with E-state index in [-0.39, 0.29) is 18.1 Å². The summed E-state index contributed by atoms with van der Waals surface area (Å²) >= 11 is 0. The van der Waals surface area contributed by atoms with Crippen LogP contribution in [0.1, 0.15) is 42.1 Å². The van der Waals surface area contributed by atoms with Crippen LogP contribution in [0, 0.1) is 11.3 Å². The first-order valence-corrected chi connectivity index (χ1v) is 10.7. The standard InChI is InChI=1S/C24H25N7/c1-16-24-20-8-7-18(19-14-26-30(2)15-19)13-21(20)23(10-12-31(24)29-28-16)27-22-6-4-3-5-17(22)9-11-25/h3-8,13-16,23-24,27H,9-10,12H2,1-2H3. The Hall–Kier alpha value is -3.66. The quantitative estimate of drug-likeness (QED) is 0.667. The van der Waals surface area contributed by atoms with Gasteiger partial charge in [0, 0.05) is 31.0 Å². The van der Waals surface area contributed by atoms with E-state index < -0.39 is 0 Å². The number of benzene rings is 2. The second-order valence-corrected chi connectivity index (χ2v) is 8.28. The van der Waals surface area contributed by atoms with E-state index in [1.807, 2.05) is 42.3 Å². The number of para-hydroxylation sites is 1. The highest BCUT2D eigenvalue weighted by Crippen LogP contribution is 2.42. The van der Waals surface area contributed by atoms with Gasteiger partial charge in [0.2, 0.25) is 0 Å². The highest BCUT2D eigenvalue weighted by Gasteiger charge is 2.37. The van der Waals surface area contributed by atoms with Crippen LogP contribution in [-0.2, 0) is 13.5 Å². The molecule has 7 nitrogen and oxygen atoms in total. The monoisotopic (exact) mass is 411 g/mol. The lowest BCUT2D eigenvalue weighted by atomic mass is 9.90. The van der Waals surface area contributed by atoms with Gasteiger partial charge in [-0.15, -0.1) is 0 Å². The second kappa shape index (κ2) is 7.88. The first-order chi connectivity index (χ1) is 15.1. The van der Waals surface area contributed by atoms with E-state index in [0.29, 0.717) is 6.42 Å². The van der Waals surface area contributed by atoms with Crippen molar-refractivity contribution in [2.45, 2.75) is 37.9 Å². The number of aryl methyl sites for hydroxylation is 1. The molecule has 0 amide bonds. The topological polar surface area (TPSA) is 81.6 Å². The van der Waals surface area contributed by atoms with Crippen molar-refractivity contribution in [1.82, 2.24) is 14.8 Å². The van der Waals surface area contributed by atoms with Crippen LogP contribution in [0.15, 0.2) is 65.2 Å². The van der Waals surface area contributed by atoms with Crippen molar-refractivity contribution in [3.05, 3.63) is 71.5 Å². The Morgan fingerprint density at radius 1 is 1.16 bits per heavy atom. The summed E-state index contributed by atoms with van der Waals surface area (Å²) in [4.78, 5) is 0. The minimum atomic E-state index is 0.111. The molecule has 0 aliphatic carbocycles. The summed E-state index contributed by atoms with van der Waals surface area (Å²) in [7, 11) is 1.94. The summed E-state index contributed by atoms with van der Waals surface area (Å²) in [5.74, 6) is 0. The molecule has 2 aliphatic heterocycles. The van der Waals surface area contributed by atoms with Gasteiger partial charge in [-0.25, -0.2) is 0 Å². The molecule has 3 heterocycles.